The first-order chi connectivity index (χ1) is 6.81. The Morgan fingerprint density at radius 3 is 2.13 bits per heavy atom. The first kappa shape index (κ1) is 14.4. The molecule has 0 N–H and O–H groups in total. The third-order valence-electron chi connectivity index (χ3n) is 2.15. The molecule has 1 aromatic carbocycles. The van der Waals surface area contributed by atoms with Gasteiger partial charge in [0.25, 0.3) is 0 Å². The average Bonchev–Trinajstić information content (AvgIpc) is 2.16. The fourth-order valence-corrected chi connectivity index (χ4v) is 3.47. The zero-order valence-corrected chi connectivity index (χ0v) is 15.0. The van der Waals surface area contributed by atoms with E-state index in [0.717, 1.165) is 0 Å². The van der Waals surface area contributed by atoms with Crippen LogP contribution in [0.3, 0.4) is 0 Å². The Labute approximate surface area is 114 Å². The second kappa shape index (κ2) is 5.79. The molecule has 0 aliphatic rings. The van der Waals surface area contributed by atoms with Gasteiger partial charge in [0, 0.05) is 0 Å². The van der Waals surface area contributed by atoms with Gasteiger partial charge < -0.3 is 0 Å². The predicted octanol–water partition coefficient (Wildman–Crippen LogP) is 4.98. The van der Waals surface area contributed by atoms with E-state index in [9.17, 15) is 0 Å². The van der Waals surface area contributed by atoms with Crippen molar-refractivity contribution in [2.45, 2.75) is 19.3 Å². The van der Waals surface area contributed by atoms with Gasteiger partial charge in [0.2, 0.25) is 0 Å². The summed E-state index contributed by atoms with van der Waals surface area (Å²) in [7, 11) is -2.43. The zero-order chi connectivity index (χ0) is 11.5. The van der Waals surface area contributed by atoms with Gasteiger partial charge in [0.15, 0.2) is 0 Å². The first-order valence-electron chi connectivity index (χ1n) is 4.57. The van der Waals surface area contributed by atoms with Crippen LogP contribution in [0.25, 0.3) is 0 Å². The fraction of sp³-hybridized carbons (Fsp3) is 0.400. The van der Waals surface area contributed by atoms with E-state index in [1.165, 1.54) is 5.56 Å². The van der Waals surface area contributed by atoms with Gasteiger partial charge in [-0.1, -0.05) is 0 Å². The van der Waals surface area contributed by atoms with Crippen molar-refractivity contribution >= 4 is 39.5 Å². The summed E-state index contributed by atoms with van der Waals surface area (Å²) in [6.07, 6.45) is 0. The molecule has 84 valence electrons. The molecule has 0 atom stereocenters. The Morgan fingerprint density at radius 1 is 1.13 bits per heavy atom. The molecular weight excluding hydrogens is 424 g/mol. The van der Waals surface area contributed by atoms with Crippen LogP contribution in [0.2, 0.25) is 0 Å². The van der Waals surface area contributed by atoms with E-state index in [4.69, 9.17) is 3.32 Å². The molecule has 1 rings (SSSR count). The minimum atomic E-state index is -2.43. The summed E-state index contributed by atoms with van der Waals surface area (Å²) in [6, 6.07) is 10.4. The molecule has 0 aliphatic heterocycles. The molecule has 0 saturated heterocycles. The Bertz CT molecular complexity index is 308. The molecule has 0 spiro atoms. The van der Waals surface area contributed by atoms with Gasteiger partial charge in [0.1, 0.15) is 0 Å². The quantitative estimate of drug-likeness (QED) is 0.605. The Kier molecular flexibility index (Phi) is 5.55. The van der Waals surface area contributed by atoms with Crippen LogP contribution in [-0.2, 0) is 19.4 Å². The molecule has 1 nitrogen and oxygen atoms in total. The minimum absolute atomic E-state index is 0.0348. The Hall–Kier alpha value is 1.33. The Morgan fingerprint density at radius 2 is 1.67 bits per heavy atom. The average molecular weight is 437 g/mol. The number of rotatable bonds is 4. The molecule has 0 aliphatic carbocycles. The molecule has 0 amide bonds. The molecule has 0 bridgehead atoms. The van der Waals surface area contributed by atoms with Crippen molar-refractivity contribution in [3.8, 4) is 0 Å². The van der Waals surface area contributed by atoms with E-state index in [1.807, 2.05) is 6.07 Å². The normalized spacial score (nSPS) is 12.9. The van der Waals surface area contributed by atoms with Crippen LogP contribution < -0.4 is 0 Å². The van der Waals surface area contributed by atoms with Crippen molar-refractivity contribution in [3.63, 3.8) is 0 Å². The maximum atomic E-state index is 5.79. The van der Waals surface area contributed by atoms with Gasteiger partial charge in [-0.15, -0.1) is 0 Å². The second-order valence-corrected chi connectivity index (χ2v) is 32.8. The number of hydrogen-bond donors (Lipinski definition) is 0. The molecule has 0 fully saturated rings. The van der Waals surface area contributed by atoms with E-state index in [1.54, 1.807) is 0 Å². The molecule has 15 heavy (non-hydrogen) atoms. The first-order valence-corrected chi connectivity index (χ1v) is 16.8. The summed E-state index contributed by atoms with van der Waals surface area (Å²) in [5, 5.41) is 0. The third-order valence-corrected chi connectivity index (χ3v) is 5.72. The topological polar surface area (TPSA) is 9.23 Å². The third kappa shape index (κ3) is 5.47. The van der Waals surface area contributed by atoms with Crippen molar-refractivity contribution in [3.05, 3.63) is 35.9 Å². The second-order valence-electron chi connectivity index (χ2n) is 3.98. The van der Waals surface area contributed by atoms with Crippen LogP contribution in [-0.4, -0.2) is 6.61 Å². The maximum absolute atomic E-state index is 5.79. The van der Waals surface area contributed by atoms with Crippen LogP contribution in [0.4, 0.5) is 0 Å². The number of benzene rings is 1. The predicted molar refractivity (Wildman–Crippen MR) is 72.2 cm³/mol. The summed E-state index contributed by atoms with van der Waals surface area (Å²) in [5.74, 6) is 0. The molecular formula is C10H13Br3OTi. The van der Waals surface area contributed by atoms with Crippen LogP contribution in [0.15, 0.2) is 30.3 Å². The van der Waals surface area contributed by atoms with E-state index in [-0.39, 0.29) is 5.41 Å². The van der Waals surface area contributed by atoms with E-state index < -0.39 is 10.7 Å². The summed E-state index contributed by atoms with van der Waals surface area (Å²) >= 11 is 10.5. The van der Waals surface area contributed by atoms with Gasteiger partial charge in [-0.25, -0.2) is 0 Å². The Balaban J connectivity index is 2.68. The number of halogens is 3. The van der Waals surface area contributed by atoms with Crippen molar-refractivity contribution in [1.29, 1.82) is 0 Å². The van der Waals surface area contributed by atoms with E-state index in [2.05, 4.69) is 77.6 Å². The van der Waals surface area contributed by atoms with Crippen molar-refractivity contribution < 1.29 is 14.0 Å². The van der Waals surface area contributed by atoms with Gasteiger partial charge in [-0.2, -0.15) is 0 Å². The molecule has 1 aromatic rings. The summed E-state index contributed by atoms with van der Waals surface area (Å²) in [4.78, 5) is 0. The van der Waals surface area contributed by atoms with Crippen LogP contribution in [0, 0.1) is 0 Å². The van der Waals surface area contributed by atoms with Gasteiger partial charge in [-0.3, -0.25) is 0 Å². The van der Waals surface area contributed by atoms with Gasteiger partial charge in [0.05, 0.1) is 0 Å². The molecule has 0 aromatic heterocycles. The number of hydrogen-bond acceptors (Lipinski definition) is 1. The van der Waals surface area contributed by atoms with Crippen molar-refractivity contribution in [1.82, 2.24) is 0 Å². The van der Waals surface area contributed by atoms with E-state index in [0.29, 0.717) is 6.61 Å². The molecule has 0 heterocycles. The molecule has 0 radical (unpaired) electrons. The standard InChI is InChI=1S/C10H13O.3BrH.Ti/c1-10(2,8-11)9-6-4-3-5-7-9;;;;/h3-7H,8H2,1-2H3;3*1H;/q-1;;;;+4/p-3. The van der Waals surface area contributed by atoms with Crippen LogP contribution in [0.1, 0.15) is 19.4 Å². The monoisotopic (exact) mass is 434 g/mol. The van der Waals surface area contributed by atoms with Crippen LogP contribution >= 0.6 is 39.5 Å². The van der Waals surface area contributed by atoms with Crippen LogP contribution in [0.5, 0.6) is 0 Å². The molecule has 5 heteroatoms. The molecule has 0 saturated carbocycles. The summed E-state index contributed by atoms with van der Waals surface area (Å²) < 4.78 is 5.79. The SMILES string of the molecule is CC(C)(C[O][Ti]([Br])([Br])[Br])c1ccccc1. The fourth-order valence-electron chi connectivity index (χ4n) is 1.23. The van der Waals surface area contributed by atoms with Gasteiger partial charge >= 0.3 is 115 Å². The van der Waals surface area contributed by atoms with E-state index >= 15 is 0 Å². The molecule has 0 unspecified atom stereocenters. The summed E-state index contributed by atoms with van der Waals surface area (Å²) in [5.41, 5.74) is 1.33. The van der Waals surface area contributed by atoms with Crippen molar-refractivity contribution in [2.24, 2.45) is 0 Å². The van der Waals surface area contributed by atoms with Crippen molar-refractivity contribution in [2.75, 3.05) is 6.61 Å². The summed E-state index contributed by atoms with van der Waals surface area (Å²) in [6.45, 7) is 5.06. The zero-order valence-electron chi connectivity index (χ0n) is 8.64. The van der Waals surface area contributed by atoms with Gasteiger partial charge in [-0.05, 0) is 0 Å².